The molecule has 1 aliphatic carbocycles. The topological polar surface area (TPSA) is 40.6 Å². The molecule has 4 nitrogen and oxygen atoms in total. The molecular weight excluding hydrogens is 264 g/mol. The van der Waals surface area contributed by atoms with Gasteiger partial charge < -0.3 is 4.90 Å². The fourth-order valence-electron chi connectivity index (χ4n) is 4.36. The second-order valence-electron chi connectivity index (χ2n) is 7.26. The molecule has 2 aliphatic heterocycles. The van der Waals surface area contributed by atoms with Crippen molar-refractivity contribution in [1.82, 2.24) is 9.80 Å². The Balaban J connectivity index is 1.54. The van der Waals surface area contributed by atoms with E-state index >= 15 is 0 Å². The molecule has 3 aliphatic rings. The van der Waals surface area contributed by atoms with Crippen LogP contribution in [0.15, 0.2) is 0 Å². The first-order valence-corrected chi connectivity index (χ1v) is 8.74. The van der Waals surface area contributed by atoms with E-state index in [-0.39, 0.29) is 17.2 Å². The highest BCUT2D eigenvalue weighted by atomic mass is 16.2. The molecule has 3 rings (SSSR count). The number of hydrogen-bond acceptors (Lipinski definition) is 3. The summed E-state index contributed by atoms with van der Waals surface area (Å²) < 4.78 is 0. The van der Waals surface area contributed by atoms with Crippen LogP contribution in [-0.4, -0.2) is 47.8 Å². The quantitative estimate of drug-likeness (QED) is 0.751. The lowest BCUT2D eigenvalue weighted by Gasteiger charge is -2.42. The molecule has 21 heavy (non-hydrogen) atoms. The van der Waals surface area contributed by atoms with Gasteiger partial charge in [0.1, 0.15) is 0 Å². The summed E-state index contributed by atoms with van der Waals surface area (Å²) in [5.74, 6) is 0.176. The molecule has 0 aromatic carbocycles. The maximum Gasteiger partial charge on any atom is 0.229 e. The van der Waals surface area contributed by atoms with Gasteiger partial charge in [0.15, 0.2) is 0 Å². The summed E-state index contributed by atoms with van der Waals surface area (Å²) in [7, 11) is 0. The van der Waals surface area contributed by atoms with Crippen LogP contribution < -0.4 is 0 Å². The summed E-state index contributed by atoms with van der Waals surface area (Å²) >= 11 is 0. The minimum Gasteiger partial charge on any atom is -0.302 e. The number of rotatable bonds is 3. The summed E-state index contributed by atoms with van der Waals surface area (Å²) in [6, 6.07) is 0. The standard InChI is InChI=1S/C17H28N2O2/c20-15-13-17(7-3-1-4-8-17)14-16(21)19(15)12-11-18-9-5-2-6-10-18/h1-14H2. The maximum absolute atomic E-state index is 12.4. The fraction of sp³-hybridized carbons (Fsp3) is 0.882. The van der Waals surface area contributed by atoms with Gasteiger partial charge in [0.05, 0.1) is 0 Å². The van der Waals surface area contributed by atoms with Crippen LogP contribution in [0.25, 0.3) is 0 Å². The second kappa shape index (κ2) is 6.47. The van der Waals surface area contributed by atoms with Crippen molar-refractivity contribution in [2.45, 2.75) is 64.2 Å². The van der Waals surface area contributed by atoms with Gasteiger partial charge in [0.25, 0.3) is 0 Å². The first-order chi connectivity index (χ1) is 10.2. The fourth-order valence-corrected chi connectivity index (χ4v) is 4.36. The van der Waals surface area contributed by atoms with E-state index in [1.807, 2.05) is 0 Å². The van der Waals surface area contributed by atoms with Crippen molar-refractivity contribution in [2.24, 2.45) is 5.41 Å². The van der Waals surface area contributed by atoms with Crippen LogP contribution in [-0.2, 0) is 9.59 Å². The minimum atomic E-state index is 0.0219. The molecule has 118 valence electrons. The van der Waals surface area contributed by atoms with Gasteiger partial charge >= 0.3 is 0 Å². The number of amides is 2. The van der Waals surface area contributed by atoms with Crippen molar-refractivity contribution >= 4 is 11.8 Å². The summed E-state index contributed by atoms with van der Waals surface area (Å²) in [5, 5.41) is 0. The van der Waals surface area contributed by atoms with Gasteiger partial charge in [-0.25, -0.2) is 0 Å². The third-order valence-electron chi connectivity index (χ3n) is 5.66. The lowest BCUT2D eigenvalue weighted by atomic mass is 9.67. The monoisotopic (exact) mass is 292 g/mol. The number of imide groups is 1. The Kier molecular flexibility index (Phi) is 4.63. The average molecular weight is 292 g/mol. The van der Waals surface area contributed by atoms with E-state index in [2.05, 4.69) is 4.90 Å². The number of carbonyl (C=O) groups excluding carboxylic acids is 2. The van der Waals surface area contributed by atoms with Gasteiger partial charge in [-0.05, 0) is 44.2 Å². The predicted octanol–water partition coefficient (Wildman–Crippen LogP) is 2.57. The van der Waals surface area contributed by atoms with Crippen LogP contribution in [0.2, 0.25) is 0 Å². The van der Waals surface area contributed by atoms with Crippen molar-refractivity contribution in [3.63, 3.8) is 0 Å². The number of carbonyl (C=O) groups is 2. The number of hydrogen-bond donors (Lipinski definition) is 0. The Hall–Kier alpha value is -0.900. The number of piperidine rings is 2. The largest absolute Gasteiger partial charge is 0.302 e. The van der Waals surface area contributed by atoms with E-state index in [1.165, 1.54) is 38.5 Å². The smallest absolute Gasteiger partial charge is 0.229 e. The number of nitrogens with zero attached hydrogens (tertiary/aromatic N) is 2. The van der Waals surface area contributed by atoms with Gasteiger partial charge in [-0.1, -0.05) is 25.7 Å². The van der Waals surface area contributed by atoms with Crippen LogP contribution in [0.5, 0.6) is 0 Å². The van der Waals surface area contributed by atoms with E-state index in [9.17, 15) is 9.59 Å². The summed E-state index contributed by atoms with van der Waals surface area (Å²) in [5.41, 5.74) is 0.0219. The van der Waals surface area contributed by atoms with Crippen molar-refractivity contribution in [1.29, 1.82) is 0 Å². The van der Waals surface area contributed by atoms with Crippen LogP contribution in [0.4, 0.5) is 0 Å². The highest BCUT2D eigenvalue weighted by molar-refractivity contribution is 5.98. The van der Waals surface area contributed by atoms with Gasteiger partial charge in [0.2, 0.25) is 11.8 Å². The third-order valence-corrected chi connectivity index (χ3v) is 5.66. The van der Waals surface area contributed by atoms with Gasteiger partial charge in [0, 0.05) is 25.9 Å². The van der Waals surface area contributed by atoms with Crippen LogP contribution in [0.1, 0.15) is 64.2 Å². The third kappa shape index (κ3) is 3.47. The second-order valence-corrected chi connectivity index (χ2v) is 7.26. The lowest BCUT2D eigenvalue weighted by molar-refractivity contribution is -0.154. The molecule has 0 radical (unpaired) electrons. The molecule has 2 saturated heterocycles. The van der Waals surface area contributed by atoms with Crippen LogP contribution in [0, 0.1) is 5.41 Å². The Morgan fingerprint density at radius 3 is 1.95 bits per heavy atom. The van der Waals surface area contributed by atoms with E-state index in [1.54, 1.807) is 4.90 Å². The summed E-state index contributed by atoms with van der Waals surface area (Å²) in [4.78, 5) is 28.8. The molecule has 4 heteroatoms. The molecule has 0 aromatic heterocycles. The molecule has 0 unspecified atom stereocenters. The Labute approximate surface area is 127 Å². The maximum atomic E-state index is 12.4. The molecule has 0 bridgehead atoms. The van der Waals surface area contributed by atoms with Crippen LogP contribution >= 0.6 is 0 Å². The van der Waals surface area contributed by atoms with Crippen molar-refractivity contribution < 1.29 is 9.59 Å². The molecule has 0 N–H and O–H groups in total. The highest BCUT2D eigenvalue weighted by Crippen LogP contribution is 2.45. The van der Waals surface area contributed by atoms with Crippen molar-refractivity contribution in [3.8, 4) is 0 Å². The number of likely N-dealkylation sites (tertiary alicyclic amines) is 2. The van der Waals surface area contributed by atoms with Crippen molar-refractivity contribution in [3.05, 3.63) is 0 Å². The molecule has 0 atom stereocenters. The highest BCUT2D eigenvalue weighted by Gasteiger charge is 2.43. The Morgan fingerprint density at radius 2 is 1.33 bits per heavy atom. The van der Waals surface area contributed by atoms with E-state index in [4.69, 9.17) is 0 Å². The van der Waals surface area contributed by atoms with Gasteiger partial charge in [-0.2, -0.15) is 0 Å². The SMILES string of the molecule is O=C1CC2(CCCCC2)CC(=O)N1CCN1CCCCC1. The lowest BCUT2D eigenvalue weighted by Crippen LogP contribution is -2.51. The van der Waals surface area contributed by atoms with Crippen molar-refractivity contribution in [2.75, 3.05) is 26.2 Å². The molecule has 3 fully saturated rings. The first-order valence-electron chi connectivity index (χ1n) is 8.74. The van der Waals surface area contributed by atoms with Gasteiger partial charge in [-0.3, -0.25) is 14.5 Å². The Bertz CT molecular complexity index is 376. The Morgan fingerprint density at radius 1 is 0.762 bits per heavy atom. The molecule has 1 spiro atoms. The van der Waals surface area contributed by atoms with E-state index in [0.29, 0.717) is 19.4 Å². The zero-order chi connectivity index (χ0) is 14.7. The normalized spacial score (nSPS) is 27.3. The minimum absolute atomic E-state index is 0.0219. The molecule has 2 heterocycles. The molecular formula is C17H28N2O2. The summed E-state index contributed by atoms with van der Waals surface area (Å²) in [6.07, 6.45) is 10.8. The molecule has 1 saturated carbocycles. The summed E-state index contributed by atoms with van der Waals surface area (Å²) in [6.45, 7) is 3.72. The predicted molar refractivity (Wildman–Crippen MR) is 81.8 cm³/mol. The average Bonchev–Trinajstić information content (AvgIpc) is 2.48. The first kappa shape index (κ1) is 15.0. The molecule has 0 aromatic rings. The zero-order valence-electron chi connectivity index (χ0n) is 13.1. The van der Waals surface area contributed by atoms with E-state index < -0.39 is 0 Å². The molecule has 2 amide bonds. The van der Waals surface area contributed by atoms with Gasteiger partial charge in [-0.15, -0.1) is 0 Å². The van der Waals surface area contributed by atoms with Crippen LogP contribution in [0.3, 0.4) is 0 Å². The zero-order valence-corrected chi connectivity index (χ0v) is 13.1. The van der Waals surface area contributed by atoms with E-state index in [0.717, 1.165) is 32.5 Å².